The fraction of sp³-hybridized carbons (Fsp3) is 0.949. The van der Waals surface area contributed by atoms with Gasteiger partial charge in [-0.15, -0.1) is 0 Å². The molecule has 5 atom stereocenters. The van der Waals surface area contributed by atoms with E-state index in [1.165, 1.54) is 244 Å². The van der Waals surface area contributed by atoms with Crippen LogP contribution in [0.3, 0.4) is 0 Å². The number of ether oxygens (including phenoxy) is 4. The van der Waals surface area contributed by atoms with Crippen LogP contribution in [0.15, 0.2) is 0 Å². The molecule has 2 unspecified atom stereocenters. The number of aliphatic hydroxyl groups is 1. The summed E-state index contributed by atoms with van der Waals surface area (Å²) in [5.74, 6) is -1.31. The number of carbonyl (C=O) groups is 4. The van der Waals surface area contributed by atoms with Crippen molar-refractivity contribution in [3.8, 4) is 0 Å². The van der Waals surface area contributed by atoms with Gasteiger partial charge in [0.2, 0.25) is 0 Å². The minimum Gasteiger partial charge on any atom is -0.462 e. The van der Waals surface area contributed by atoms with E-state index in [2.05, 4.69) is 34.6 Å². The minimum atomic E-state index is -4.96. The van der Waals surface area contributed by atoms with Gasteiger partial charge in [0.15, 0.2) is 12.2 Å². The van der Waals surface area contributed by atoms with E-state index >= 15 is 0 Å². The highest BCUT2D eigenvalue weighted by molar-refractivity contribution is 7.47. The molecule has 0 aromatic carbocycles. The second-order valence-electron chi connectivity index (χ2n) is 28.9. The van der Waals surface area contributed by atoms with Crippen molar-refractivity contribution in [2.45, 2.75) is 438 Å². The molecule has 0 bridgehead atoms. The molecule has 0 aromatic rings. The largest absolute Gasteiger partial charge is 0.472 e. The highest BCUT2D eigenvalue weighted by Crippen LogP contribution is 2.45. The van der Waals surface area contributed by atoms with Gasteiger partial charge in [0.1, 0.15) is 19.3 Å². The predicted molar refractivity (Wildman–Crippen MR) is 400 cm³/mol. The number of hydrogen-bond acceptors (Lipinski definition) is 15. The maximum atomic E-state index is 13.1. The third-order valence-electron chi connectivity index (χ3n) is 18.5. The lowest BCUT2D eigenvalue weighted by Crippen LogP contribution is -2.30. The third kappa shape index (κ3) is 72.4. The first kappa shape index (κ1) is 96.1. The van der Waals surface area contributed by atoms with Gasteiger partial charge in [-0.05, 0) is 31.6 Å². The van der Waals surface area contributed by atoms with Crippen molar-refractivity contribution in [2.75, 3.05) is 39.6 Å². The molecule has 582 valence electrons. The molecule has 0 aliphatic carbocycles. The van der Waals surface area contributed by atoms with E-state index < -0.39 is 97.5 Å². The normalized spacial score (nSPS) is 13.9. The number of aliphatic hydroxyl groups excluding tert-OH is 1. The first-order valence-electron chi connectivity index (χ1n) is 41.1. The molecule has 0 amide bonds. The predicted octanol–water partition coefficient (Wildman–Crippen LogP) is 23.6. The number of carbonyl (C=O) groups excluding carboxylic acids is 4. The number of phosphoric acid groups is 2. The molecule has 98 heavy (non-hydrogen) atoms. The Kier molecular flexibility index (Phi) is 70.6. The van der Waals surface area contributed by atoms with Gasteiger partial charge in [0.25, 0.3) is 0 Å². The standard InChI is InChI=1S/C79H154O17P2/c1-6-9-12-15-18-21-24-25-26-27-28-29-30-35-40-45-50-55-60-65-79(84)96-75(69-90-77(82)63-58-53-48-43-39-34-32-31-33-38-41-46-51-56-61-72(4)5)71-94-98(87,88)92-67-73(80)66-91-97(85,86)93-70-74(95-78(83)64-59-54-49-44-37-23-20-17-14-11-8-3)68-89-76(81)62-57-52-47-42-36-22-19-16-13-10-7-2/h72-75,80H,6-71H2,1-5H3,(H,85,86)(H,87,88)/t73-,74+,75+/m0/s1. The second kappa shape index (κ2) is 72.0. The maximum Gasteiger partial charge on any atom is 0.472 e. The van der Waals surface area contributed by atoms with Gasteiger partial charge in [-0.25, -0.2) is 9.13 Å². The highest BCUT2D eigenvalue weighted by Gasteiger charge is 2.30. The van der Waals surface area contributed by atoms with E-state index in [0.717, 1.165) is 95.8 Å². The SMILES string of the molecule is CCCCCCCCCCCCCCCCCCCCCC(=O)O[C@H](COC(=O)CCCCCCCCCCCCCCCCC(C)C)COP(=O)(O)OC[C@@H](O)COP(=O)(O)OC[C@@H](COC(=O)CCCCCCCCCCCCC)OC(=O)CCCCCCCCCCCCC. The summed E-state index contributed by atoms with van der Waals surface area (Å²) >= 11 is 0. The average Bonchev–Trinajstić information content (AvgIpc) is 1.01. The summed E-state index contributed by atoms with van der Waals surface area (Å²) in [5.41, 5.74) is 0. The molecule has 0 aliphatic rings. The zero-order chi connectivity index (χ0) is 71.9. The van der Waals surface area contributed by atoms with Crippen LogP contribution < -0.4 is 0 Å². The van der Waals surface area contributed by atoms with Crippen LogP contribution in [-0.2, 0) is 65.4 Å². The van der Waals surface area contributed by atoms with Crippen LogP contribution in [0.2, 0.25) is 0 Å². The number of phosphoric ester groups is 2. The molecule has 0 fully saturated rings. The van der Waals surface area contributed by atoms with E-state index in [4.69, 9.17) is 37.0 Å². The summed E-state index contributed by atoms with van der Waals surface area (Å²) in [4.78, 5) is 72.9. The van der Waals surface area contributed by atoms with Gasteiger partial charge >= 0.3 is 39.5 Å². The quantitative estimate of drug-likeness (QED) is 0.0222. The Labute approximate surface area is 600 Å². The van der Waals surface area contributed by atoms with Crippen molar-refractivity contribution < 1.29 is 80.2 Å². The summed E-state index contributed by atoms with van der Waals surface area (Å²) in [6.07, 6.45) is 62.3. The molecular formula is C79H154O17P2. The van der Waals surface area contributed by atoms with Crippen LogP contribution in [0.5, 0.6) is 0 Å². The van der Waals surface area contributed by atoms with Gasteiger partial charge in [-0.1, -0.05) is 369 Å². The van der Waals surface area contributed by atoms with Gasteiger partial charge in [-0.3, -0.25) is 37.3 Å². The van der Waals surface area contributed by atoms with E-state index in [-0.39, 0.29) is 25.7 Å². The van der Waals surface area contributed by atoms with Crippen LogP contribution in [0.1, 0.15) is 420 Å². The van der Waals surface area contributed by atoms with E-state index in [1.54, 1.807) is 0 Å². The molecule has 0 rings (SSSR count). The summed E-state index contributed by atoms with van der Waals surface area (Å²) < 4.78 is 68.6. The van der Waals surface area contributed by atoms with Crippen molar-refractivity contribution >= 4 is 39.5 Å². The van der Waals surface area contributed by atoms with Gasteiger partial charge in [0, 0.05) is 25.7 Å². The van der Waals surface area contributed by atoms with Crippen LogP contribution in [0.25, 0.3) is 0 Å². The van der Waals surface area contributed by atoms with Crippen molar-refractivity contribution in [2.24, 2.45) is 5.92 Å². The highest BCUT2D eigenvalue weighted by atomic mass is 31.2. The zero-order valence-corrected chi connectivity index (χ0v) is 65.7. The maximum absolute atomic E-state index is 13.1. The summed E-state index contributed by atoms with van der Waals surface area (Å²) in [6.45, 7) is 7.33. The fourth-order valence-electron chi connectivity index (χ4n) is 12.2. The minimum absolute atomic E-state index is 0.108. The van der Waals surface area contributed by atoms with E-state index in [0.29, 0.717) is 25.7 Å². The summed E-state index contributed by atoms with van der Waals surface area (Å²) in [6, 6.07) is 0. The zero-order valence-electron chi connectivity index (χ0n) is 63.9. The Balaban J connectivity index is 5.22. The molecule has 0 saturated carbocycles. The van der Waals surface area contributed by atoms with Crippen molar-refractivity contribution in [1.29, 1.82) is 0 Å². The average molecular weight is 1440 g/mol. The first-order valence-corrected chi connectivity index (χ1v) is 44.1. The molecule has 3 N–H and O–H groups in total. The second-order valence-corrected chi connectivity index (χ2v) is 31.8. The van der Waals surface area contributed by atoms with Crippen molar-refractivity contribution in [3.05, 3.63) is 0 Å². The Morgan fingerprint density at radius 1 is 0.276 bits per heavy atom. The van der Waals surface area contributed by atoms with Crippen molar-refractivity contribution in [3.63, 3.8) is 0 Å². The molecule has 0 aromatic heterocycles. The van der Waals surface area contributed by atoms with Crippen LogP contribution >= 0.6 is 15.6 Å². The Morgan fingerprint density at radius 3 is 0.694 bits per heavy atom. The third-order valence-corrected chi connectivity index (χ3v) is 20.4. The summed E-state index contributed by atoms with van der Waals surface area (Å²) in [5, 5.41) is 10.6. The molecule has 0 aliphatic heterocycles. The Bertz CT molecular complexity index is 1870. The molecule has 0 spiro atoms. The smallest absolute Gasteiger partial charge is 0.462 e. The Hall–Kier alpha value is -1.94. The molecule has 0 saturated heterocycles. The number of hydrogen-bond donors (Lipinski definition) is 3. The first-order chi connectivity index (χ1) is 47.5. The molecule has 0 heterocycles. The van der Waals surface area contributed by atoms with Crippen LogP contribution in [-0.4, -0.2) is 96.7 Å². The lowest BCUT2D eigenvalue weighted by Gasteiger charge is -2.21. The lowest BCUT2D eigenvalue weighted by molar-refractivity contribution is -0.161. The lowest BCUT2D eigenvalue weighted by atomic mass is 10.0. The van der Waals surface area contributed by atoms with Gasteiger partial charge in [-0.2, -0.15) is 0 Å². The van der Waals surface area contributed by atoms with Crippen LogP contribution in [0.4, 0.5) is 0 Å². The van der Waals surface area contributed by atoms with E-state index in [9.17, 15) is 43.2 Å². The molecule has 0 radical (unpaired) electrons. The topological polar surface area (TPSA) is 237 Å². The number of unbranched alkanes of at least 4 members (excludes halogenated alkanes) is 51. The number of esters is 4. The molecule has 17 nitrogen and oxygen atoms in total. The van der Waals surface area contributed by atoms with Gasteiger partial charge < -0.3 is 33.8 Å². The summed E-state index contributed by atoms with van der Waals surface area (Å²) in [7, 11) is -9.91. The van der Waals surface area contributed by atoms with Gasteiger partial charge in [0.05, 0.1) is 26.4 Å². The number of rotatable bonds is 79. The Morgan fingerprint density at radius 2 is 0.469 bits per heavy atom. The monoisotopic (exact) mass is 1440 g/mol. The fourth-order valence-corrected chi connectivity index (χ4v) is 13.8. The molecule has 19 heteroatoms. The molecular weight excluding hydrogens is 1280 g/mol. The van der Waals surface area contributed by atoms with Crippen LogP contribution in [0, 0.1) is 5.92 Å². The van der Waals surface area contributed by atoms with E-state index in [1.807, 2.05) is 0 Å². The van der Waals surface area contributed by atoms with Crippen molar-refractivity contribution in [1.82, 2.24) is 0 Å².